The van der Waals surface area contributed by atoms with Gasteiger partial charge in [0.1, 0.15) is 11.5 Å². The van der Waals surface area contributed by atoms with E-state index < -0.39 is 23.5 Å². The Kier molecular flexibility index (Phi) is 1.46. The lowest BCUT2D eigenvalue weighted by Crippen LogP contribution is -2.31. The Labute approximate surface area is 68.3 Å². The highest BCUT2D eigenvalue weighted by atomic mass is 16.6. The molecule has 1 unspecified atom stereocenters. The number of hydrogen-bond donors (Lipinski definition) is 1. The zero-order valence-electron chi connectivity index (χ0n) is 6.28. The zero-order chi connectivity index (χ0) is 8.77. The van der Waals surface area contributed by atoms with Gasteiger partial charge in [0.25, 0.3) is 0 Å². The Morgan fingerprint density at radius 1 is 1.58 bits per heavy atom. The molecular formula is C7H8O5. The van der Waals surface area contributed by atoms with Crippen molar-refractivity contribution >= 4 is 11.9 Å². The number of aliphatic hydroxyl groups is 1. The van der Waals surface area contributed by atoms with Crippen molar-refractivity contribution < 1.29 is 24.2 Å². The summed E-state index contributed by atoms with van der Waals surface area (Å²) in [5.74, 6) is -1.71. The van der Waals surface area contributed by atoms with E-state index in [1.54, 1.807) is 0 Å². The average molecular weight is 172 g/mol. The summed E-state index contributed by atoms with van der Waals surface area (Å²) in [5, 5.41) is 8.88. The van der Waals surface area contributed by atoms with E-state index in [0.717, 1.165) is 0 Å². The Balaban J connectivity index is 2.14. The van der Waals surface area contributed by atoms with Gasteiger partial charge in [0, 0.05) is 0 Å². The number of epoxide rings is 1. The van der Waals surface area contributed by atoms with Crippen molar-refractivity contribution in [3.63, 3.8) is 0 Å². The second-order valence-electron chi connectivity index (χ2n) is 3.06. The van der Waals surface area contributed by atoms with Crippen LogP contribution in [0.5, 0.6) is 0 Å². The monoisotopic (exact) mass is 172 g/mol. The van der Waals surface area contributed by atoms with Gasteiger partial charge in [-0.2, -0.15) is 0 Å². The van der Waals surface area contributed by atoms with Gasteiger partial charge >= 0.3 is 11.9 Å². The van der Waals surface area contributed by atoms with E-state index in [-0.39, 0.29) is 13.0 Å². The SMILES string of the molecule is O=C1CC([C@@]2(CO)CO2)C(=O)O1. The molecule has 0 aromatic carbocycles. The van der Waals surface area contributed by atoms with E-state index in [4.69, 9.17) is 9.84 Å². The van der Waals surface area contributed by atoms with Gasteiger partial charge in [-0.15, -0.1) is 0 Å². The first-order valence-electron chi connectivity index (χ1n) is 3.67. The van der Waals surface area contributed by atoms with Crippen LogP contribution in [0, 0.1) is 5.92 Å². The van der Waals surface area contributed by atoms with E-state index in [2.05, 4.69) is 4.74 Å². The molecule has 66 valence electrons. The smallest absolute Gasteiger partial charge is 0.320 e. The maximum atomic E-state index is 11.0. The van der Waals surface area contributed by atoms with Gasteiger partial charge in [0.2, 0.25) is 0 Å². The molecule has 1 N–H and O–H groups in total. The minimum Gasteiger partial charge on any atom is -0.393 e. The van der Waals surface area contributed by atoms with Crippen LogP contribution in [0.3, 0.4) is 0 Å². The summed E-state index contributed by atoms with van der Waals surface area (Å²) in [4.78, 5) is 21.7. The van der Waals surface area contributed by atoms with Gasteiger partial charge < -0.3 is 14.6 Å². The van der Waals surface area contributed by atoms with Crippen LogP contribution >= 0.6 is 0 Å². The second kappa shape index (κ2) is 2.27. The number of ether oxygens (including phenoxy) is 2. The highest BCUT2D eigenvalue weighted by molar-refractivity contribution is 5.95. The van der Waals surface area contributed by atoms with Crippen molar-refractivity contribution in [3.8, 4) is 0 Å². The minimum atomic E-state index is -0.816. The molecule has 2 fully saturated rings. The van der Waals surface area contributed by atoms with Crippen LogP contribution in [-0.4, -0.2) is 35.9 Å². The number of esters is 2. The first-order valence-corrected chi connectivity index (χ1v) is 3.67. The lowest BCUT2D eigenvalue weighted by atomic mass is 9.92. The van der Waals surface area contributed by atoms with E-state index in [9.17, 15) is 9.59 Å². The van der Waals surface area contributed by atoms with Crippen molar-refractivity contribution in [3.05, 3.63) is 0 Å². The molecule has 5 nitrogen and oxygen atoms in total. The summed E-state index contributed by atoms with van der Waals surface area (Å²) in [6, 6.07) is 0. The summed E-state index contributed by atoms with van der Waals surface area (Å²) in [6.07, 6.45) is 0.0272. The average Bonchev–Trinajstić information content (AvgIpc) is 2.74. The lowest BCUT2D eigenvalue weighted by Gasteiger charge is -2.10. The van der Waals surface area contributed by atoms with Crippen LogP contribution in [0.15, 0.2) is 0 Å². The summed E-state index contributed by atoms with van der Waals surface area (Å²) in [6.45, 7) is 0.0938. The molecule has 0 saturated carbocycles. The first kappa shape index (κ1) is 7.70. The molecule has 2 rings (SSSR count). The summed E-state index contributed by atoms with van der Waals surface area (Å²) < 4.78 is 9.28. The highest BCUT2D eigenvalue weighted by Crippen LogP contribution is 2.40. The van der Waals surface area contributed by atoms with Gasteiger partial charge in [0.05, 0.1) is 19.6 Å². The highest BCUT2D eigenvalue weighted by Gasteiger charge is 2.58. The Bertz CT molecular complexity index is 242. The molecule has 0 radical (unpaired) electrons. The molecule has 2 aliphatic heterocycles. The van der Waals surface area contributed by atoms with Gasteiger partial charge in [-0.25, -0.2) is 0 Å². The molecule has 0 aromatic rings. The maximum absolute atomic E-state index is 11.0. The Morgan fingerprint density at radius 3 is 2.58 bits per heavy atom. The molecular weight excluding hydrogens is 164 g/mol. The predicted octanol–water partition coefficient (Wildman–Crippen LogP) is -1.16. The quantitative estimate of drug-likeness (QED) is 0.323. The van der Waals surface area contributed by atoms with Crippen molar-refractivity contribution in [2.75, 3.05) is 13.2 Å². The van der Waals surface area contributed by atoms with Crippen LogP contribution in [-0.2, 0) is 19.1 Å². The second-order valence-corrected chi connectivity index (χ2v) is 3.06. The fourth-order valence-electron chi connectivity index (χ4n) is 1.37. The number of aliphatic hydroxyl groups excluding tert-OH is 1. The fourth-order valence-corrected chi connectivity index (χ4v) is 1.37. The third kappa shape index (κ3) is 0.937. The molecule has 0 aliphatic carbocycles. The molecule has 0 bridgehead atoms. The number of cyclic esters (lactones) is 2. The fraction of sp³-hybridized carbons (Fsp3) is 0.714. The van der Waals surface area contributed by atoms with Gasteiger partial charge in [-0.05, 0) is 0 Å². The van der Waals surface area contributed by atoms with Crippen LogP contribution in [0.1, 0.15) is 6.42 Å². The molecule has 2 saturated heterocycles. The summed E-state index contributed by atoms with van der Waals surface area (Å²) in [5.41, 5.74) is -0.816. The van der Waals surface area contributed by atoms with Crippen LogP contribution in [0.25, 0.3) is 0 Å². The number of rotatable bonds is 2. The first-order chi connectivity index (χ1) is 5.68. The number of carbonyl (C=O) groups is 2. The van der Waals surface area contributed by atoms with Gasteiger partial charge in [-0.3, -0.25) is 9.59 Å². The summed E-state index contributed by atoms with van der Waals surface area (Å²) >= 11 is 0. The normalized spacial score (nSPS) is 39.9. The minimum absolute atomic E-state index is 0.0272. The van der Waals surface area contributed by atoms with Gasteiger partial charge in [-0.1, -0.05) is 0 Å². The zero-order valence-corrected chi connectivity index (χ0v) is 6.28. The standard InChI is InChI=1S/C7H8O5/c8-2-7(3-11-7)4-1-5(9)12-6(4)10/h4,8H,1-3H2/t4?,7-/m1/s1. The van der Waals surface area contributed by atoms with Crippen LogP contribution < -0.4 is 0 Å². The van der Waals surface area contributed by atoms with E-state index >= 15 is 0 Å². The largest absolute Gasteiger partial charge is 0.393 e. The third-order valence-electron chi connectivity index (χ3n) is 2.29. The molecule has 2 aliphatic rings. The topological polar surface area (TPSA) is 76.1 Å². The van der Waals surface area contributed by atoms with Gasteiger partial charge in [0.15, 0.2) is 0 Å². The lowest BCUT2D eigenvalue weighted by molar-refractivity contribution is -0.153. The number of hydrogen-bond acceptors (Lipinski definition) is 5. The molecule has 0 spiro atoms. The van der Waals surface area contributed by atoms with Crippen LogP contribution in [0.4, 0.5) is 0 Å². The molecule has 0 amide bonds. The van der Waals surface area contributed by atoms with Crippen LogP contribution in [0.2, 0.25) is 0 Å². The molecule has 12 heavy (non-hydrogen) atoms. The Hall–Kier alpha value is -0.940. The van der Waals surface area contributed by atoms with Crippen molar-refractivity contribution in [1.29, 1.82) is 0 Å². The molecule has 5 heteroatoms. The summed E-state index contributed by atoms with van der Waals surface area (Å²) in [7, 11) is 0. The van der Waals surface area contributed by atoms with Crippen molar-refractivity contribution in [2.45, 2.75) is 12.0 Å². The molecule has 0 aromatic heterocycles. The molecule has 2 atom stereocenters. The van der Waals surface area contributed by atoms with Crippen molar-refractivity contribution in [2.24, 2.45) is 5.92 Å². The van der Waals surface area contributed by atoms with E-state index in [1.807, 2.05) is 0 Å². The maximum Gasteiger partial charge on any atom is 0.320 e. The van der Waals surface area contributed by atoms with E-state index in [0.29, 0.717) is 6.61 Å². The molecule has 2 heterocycles. The van der Waals surface area contributed by atoms with Crippen molar-refractivity contribution in [1.82, 2.24) is 0 Å². The van der Waals surface area contributed by atoms with E-state index in [1.165, 1.54) is 0 Å². The number of carbonyl (C=O) groups excluding carboxylic acids is 2. The third-order valence-corrected chi connectivity index (χ3v) is 2.29. The predicted molar refractivity (Wildman–Crippen MR) is 35.0 cm³/mol. The Morgan fingerprint density at radius 2 is 2.25 bits per heavy atom.